The molecule has 4 rings (SSSR count). The van der Waals surface area contributed by atoms with Crippen molar-refractivity contribution < 1.29 is 9.47 Å². The number of hydrogen-bond donors (Lipinski definition) is 1. The molecule has 0 amide bonds. The first-order valence-electron chi connectivity index (χ1n) is 7.47. The van der Waals surface area contributed by atoms with E-state index in [1.54, 1.807) is 11.3 Å². The smallest absolute Gasteiger partial charge is 0.161 e. The summed E-state index contributed by atoms with van der Waals surface area (Å²) in [6.07, 6.45) is 0.788. The van der Waals surface area contributed by atoms with Gasteiger partial charge in [0.05, 0.1) is 10.7 Å². The third-order valence-corrected chi connectivity index (χ3v) is 4.57. The number of nitrogen functional groups attached to an aromatic ring is 1. The van der Waals surface area contributed by atoms with E-state index in [-0.39, 0.29) is 0 Å². The van der Waals surface area contributed by atoms with E-state index in [1.807, 2.05) is 36.4 Å². The van der Waals surface area contributed by atoms with Crippen molar-refractivity contribution in [2.24, 2.45) is 0 Å². The third-order valence-electron chi connectivity index (χ3n) is 3.72. The number of anilines is 1. The first kappa shape index (κ1) is 14.1. The Hall–Kier alpha value is -2.53. The van der Waals surface area contributed by atoms with Gasteiger partial charge in [0.25, 0.3) is 0 Å². The van der Waals surface area contributed by atoms with Crippen LogP contribution in [0, 0.1) is 0 Å². The lowest BCUT2D eigenvalue weighted by atomic mass is 10.1. The lowest BCUT2D eigenvalue weighted by molar-refractivity contribution is 0.171. The van der Waals surface area contributed by atoms with Gasteiger partial charge in [-0.3, -0.25) is 0 Å². The molecule has 0 saturated carbocycles. The monoisotopic (exact) mass is 324 g/mol. The lowest BCUT2D eigenvalue weighted by Gasteiger charge is -2.18. The molecule has 2 aromatic carbocycles. The highest BCUT2D eigenvalue weighted by Gasteiger charge is 2.13. The van der Waals surface area contributed by atoms with Crippen molar-refractivity contribution in [1.29, 1.82) is 0 Å². The Kier molecular flexibility index (Phi) is 3.63. The van der Waals surface area contributed by atoms with E-state index in [4.69, 9.17) is 20.2 Å². The highest BCUT2D eigenvalue weighted by atomic mass is 32.1. The summed E-state index contributed by atoms with van der Waals surface area (Å²) in [5.41, 5.74) is 9.74. The zero-order chi connectivity index (χ0) is 15.6. The molecule has 0 unspecified atom stereocenters. The molecule has 2 N–H and O–H groups in total. The lowest BCUT2D eigenvalue weighted by Crippen LogP contribution is -2.15. The molecule has 0 bridgehead atoms. The number of nitrogens with two attached hydrogens (primary N) is 1. The molecule has 1 aliphatic heterocycles. The molecule has 3 aromatic rings. The van der Waals surface area contributed by atoms with Crippen LogP contribution < -0.4 is 15.2 Å². The summed E-state index contributed by atoms with van der Waals surface area (Å²) in [6, 6.07) is 13.9. The fourth-order valence-electron chi connectivity index (χ4n) is 2.55. The number of nitrogens with zero attached hydrogens (tertiary/aromatic N) is 1. The highest BCUT2D eigenvalue weighted by molar-refractivity contribution is 7.10. The minimum absolute atomic E-state index is 0.606. The van der Waals surface area contributed by atoms with Gasteiger partial charge in [0.2, 0.25) is 0 Å². The average molecular weight is 324 g/mol. The van der Waals surface area contributed by atoms with Crippen LogP contribution in [0.15, 0.2) is 47.8 Å². The summed E-state index contributed by atoms with van der Waals surface area (Å²) in [5, 5.41) is 3.16. The second kappa shape index (κ2) is 5.93. The van der Waals surface area contributed by atoms with E-state index in [1.165, 1.54) is 5.56 Å². The van der Waals surface area contributed by atoms with Crippen LogP contribution in [0.2, 0.25) is 0 Å². The predicted molar refractivity (Wildman–Crippen MR) is 92.2 cm³/mol. The number of hydrogen-bond acceptors (Lipinski definition) is 5. The molecule has 116 valence electrons. The molecule has 5 heteroatoms. The van der Waals surface area contributed by atoms with Gasteiger partial charge in [0.15, 0.2) is 11.5 Å². The maximum absolute atomic E-state index is 5.73. The minimum atomic E-state index is 0.606. The summed E-state index contributed by atoms with van der Waals surface area (Å²) in [4.78, 5) is 4.72. The van der Waals surface area contributed by atoms with Crippen LogP contribution in [-0.2, 0) is 6.42 Å². The number of benzene rings is 2. The van der Waals surface area contributed by atoms with Crippen LogP contribution in [0.3, 0.4) is 0 Å². The van der Waals surface area contributed by atoms with Crippen molar-refractivity contribution in [1.82, 2.24) is 4.98 Å². The number of thiazole rings is 1. The van der Waals surface area contributed by atoms with Crippen molar-refractivity contribution in [3.05, 3.63) is 58.4 Å². The Balaban J connectivity index is 1.54. The van der Waals surface area contributed by atoms with Gasteiger partial charge >= 0.3 is 0 Å². The predicted octanol–water partition coefficient (Wildman–Crippen LogP) is 3.75. The molecular formula is C18H16N2O2S. The molecule has 1 aromatic heterocycles. The van der Waals surface area contributed by atoms with Gasteiger partial charge in [-0.2, -0.15) is 0 Å². The first-order valence-corrected chi connectivity index (χ1v) is 8.35. The summed E-state index contributed by atoms with van der Waals surface area (Å²) in [5.74, 6) is 1.64. The van der Waals surface area contributed by atoms with Crippen LogP contribution in [0.5, 0.6) is 11.5 Å². The van der Waals surface area contributed by atoms with Gasteiger partial charge in [-0.1, -0.05) is 18.2 Å². The molecule has 0 saturated heterocycles. The summed E-state index contributed by atoms with van der Waals surface area (Å²) >= 11 is 1.67. The van der Waals surface area contributed by atoms with E-state index in [9.17, 15) is 0 Å². The zero-order valence-corrected chi connectivity index (χ0v) is 13.3. The number of fused-ring (bicyclic) bond motifs is 1. The number of aromatic nitrogens is 1. The Morgan fingerprint density at radius 1 is 1.00 bits per heavy atom. The van der Waals surface area contributed by atoms with Gasteiger partial charge in [-0.05, 0) is 29.8 Å². The second-order valence-corrected chi connectivity index (χ2v) is 6.35. The Labute approximate surface area is 138 Å². The van der Waals surface area contributed by atoms with Crippen molar-refractivity contribution in [3.8, 4) is 22.8 Å². The van der Waals surface area contributed by atoms with Crippen molar-refractivity contribution in [3.63, 3.8) is 0 Å². The van der Waals surface area contributed by atoms with Gasteiger partial charge in [0.1, 0.15) is 13.2 Å². The number of ether oxygens (including phenoxy) is 2. The highest BCUT2D eigenvalue weighted by Crippen LogP contribution is 2.32. The number of rotatable bonds is 3. The molecule has 0 radical (unpaired) electrons. The van der Waals surface area contributed by atoms with E-state index < -0.39 is 0 Å². The normalized spacial score (nSPS) is 13.0. The standard InChI is InChI=1S/C18H16N2O2S/c19-14-4-2-13(3-5-14)15-11-23-18(20-15)10-12-1-6-16-17(9-12)22-8-7-21-16/h1-6,9,11H,7-8,10,19H2. The van der Waals surface area contributed by atoms with Crippen molar-refractivity contribution in [2.75, 3.05) is 18.9 Å². The topological polar surface area (TPSA) is 57.4 Å². The molecule has 4 nitrogen and oxygen atoms in total. The first-order chi connectivity index (χ1) is 11.3. The van der Waals surface area contributed by atoms with Gasteiger partial charge in [-0.15, -0.1) is 11.3 Å². The van der Waals surface area contributed by atoms with Crippen LogP contribution >= 0.6 is 11.3 Å². The summed E-state index contributed by atoms with van der Waals surface area (Å²) in [6.45, 7) is 1.22. The van der Waals surface area contributed by atoms with Gasteiger partial charge in [-0.25, -0.2) is 4.98 Å². The summed E-state index contributed by atoms with van der Waals surface area (Å²) in [7, 11) is 0. The SMILES string of the molecule is Nc1ccc(-c2csc(Cc3ccc4c(c3)OCCO4)n2)cc1. The van der Waals surface area contributed by atoms with Gasteiger partial charge in [0, 0.05) is 23.1 Å². The van der Waals surface area contributed by atoms with Crippen LogP contribution in [0.25, 0.3) is 11.3 Å². The molecular weight excluding hydrogens is 308 g/mol. The molecule has 23 heavy (non-hydrogen) atoms. The average Bonchev–Trinajstić information content (AvgIpc) is 3.04. The maximum atomic E-state index is 5.73. The fourth-order valence-corrected chi connectivity index (χ4v) is 3.39. The molecule has 0 atom stereocenters. The molecule has 0 fully saturated rings. The molecule has 1 aliphatic rings. The zero-order valence-electron chi connectivity index (χ0n) is 12.5. The van der Waals surface area contributed by atoms with Crippen molar-refractivity contribution in [2.45, 2.75) is 6.42 Å². The van der Waals surface area contributed by atoms with Crippen LogP contribution in [0.1, 0.15) is 10.6 Å². The Morgan fingerprint density at radius 2 is 1.78 bits per heavy atom. The fraction of sp³-hybridized carbons (Fsp3) is 0.167. The Morgan fingerprint density at radius 3 is 2.61 bits per heavy atom. The molecule has 0 spiro atoms. The van der Waals surface area contributed by atoms with Crippen LogP contribution in [-0.4, -0.2) is 18.2 Å². The quantitative estimate of drug-likeness (QED) is 0.745. The summed E-state index contributed by atoms with van der Waals surface area (Å²) < 4.78 is 11.2. The van der Waals surface area contributed by atoms with Gasteiger partial charge < -0.3 is 15.2 Å². The van der Waals surface area contributed by atoms with E-state index in [2.05, 4.69) is 11.4 Å². The third kappa shape index (κ3) is 3.00. The Bertz CT molecular complexity index is 827. The van der Waals surface area contributed by atoms with Crippen LogP contribution in [0.4, 0.5) is 5.69 Å². The van der Waals surface area contributed by atoms with E-state index in [0.29, 0.717) is 13.2 Å². The van der Waals surface area contributed by atoms with E-state index in [0.717, 1.165) is 39.9 Å². The molecule has 2 heterocycles. The molecule has 0 aliphatic carbocycles. The van der Waals surface area contributed by atoms with Crippen molar-refractivity contribution >= 4 is 17.0 Å². The maximum Gasteiger partial charge on any atom is 0.161 e. The van der Waals surface area contributed by atoms with E-state index >= 15 is 0 Å². The largest absolute Gasteiger partial charge is 0.486 e. The minimum Gasteiger partial charge on any atom is -0.486 e. The second-order valence-electron chi connectivity index (χ2n) is 5.40.